The van der Waals surface area contributed by atoms with Crippen molar-refractivity contribution in [1.29, 1.82) is 0 Å². The highest BCUT2D eigenvalue weighted by atomic mass is 32.1. The number of fused-ring (bicyclic) bond motifs is 1. The number of halogens is 2. The Morgan fingerprint density at radius 2 is 2.10 bits per heavy atom. The number of rotatable bonds is 3. The molecule has 3 rings (SSSR count). The maximum atomic E-state index is 12.7. The number of anilines is 1. The van der Waals surface area contributed by atoms with Gasteiger partial charge in [-0.05, 0) is 31.0 Å². The predicted octanol–water partition coefficient (Wildman–Crippen LogP) is 3.79. The van der Waals surface area contributed by atoms with Gasteiger partial charge in [0.15, 0.2) is 5.13 Å². The quantitative estimate of drug-likeness (QED) is 0.862. The van der Waals surface area contributed by atoms with Crippen molar-refractivity contribution in [2.75, 3.05) is 25.1 Å². The summed E-state index contributed by atoms with van der Waals surface area (Å²) in [5, 5.41) is 0.918. The van der Waals surface area contributed by atoms with E-state index in [9.17, 15) is 8.78 Å². The maximum Gasteiger partial charge on any atom is 0.241 e. The molecule has 0 radical (unpaired) electrons. The lowest BCUT2D eigenvalue weighted by Gasteiger charge is -2.31. The molecule has 2 aromatic rings. The fourth-order valence-corrected chi connectivity index (χ4v) is 3.54. The molecule has 1 aliphatic rings. The number of benzene rings is 1. The number of aromatic nitrogens is 1. The van der Waals surface area contributed by atoms with E-state index >= 15 is 0 Å². The summed E-state index contributed by atoms with van der Waals surface area (Å²) >= 11 is 1.59. The molecule has 0 spiro atoms. The van der Waals surface area contributed by atoms with Gasteiger partial charge in [0.25, 0.3) is 0 Å². The predicted molar refractivity (Wildman–Crippen MR) is 77.1 cm³/mol. The van der Waals surface area contributed by atoms with Gasteiger partial charge in [-0.2, -0.15) is 0 Å². The Hall–Kier alpha value is -1.43. The summed E-state index contributed by atoms with van der Waals surface area (Å²) in [6.45, 7) is 1.32. The normalized spacial score (nSPS) is 17.1. The highest BCUT2D eigenvalue weighted by Crippen LogP contribution is 2.34. The number of methoxy groups -OCH3 is 1. The lowest BCUT2D eigenvalue weighted by molar-refractivity contribution is 0.0636. The van der Waals surface area contributed by atoms with E-state index in [1.54, 1.807) is 18.4 Å². The third-order valence-corrected chi connectivity index (χ3v) is 4.83. The van der Waals surface area contributed by atoms with Gasteiger partial charge in [0, 0.05) is 19.0 Å². The second kappa shape index (κ2) is 5.52. The standard InChI is InChI=1S/C14H16F2N2OS/c1-19-10-2-3-11-12(8-10)20-14(17-11)18-6-4-9(5-7-18)13(15)16/h2-3,8-9,13H,4-7H2,1H3. The van der Waals surface area contributed by atoms with Gasteiger partial charge in [0.05, 0.1) is 17.3 Å². The molecule has 1 saturated heterocycles. The fraction of sp³-hybridized carbons (Fsp3) is 0.500. The molecular formula is C14H16F2N2OS. The molecule has 0 bridgehead atoms. The molecule has 0 amide bonds. The Morgan fingerprint density at radius 3 is 2.75 bits per heavy atom. The summed E-state index contributed by atoms with van der Waals surface area (Å²) < 4.78 is 31.6. The van der Waals surface area contributed by atoms with Crippen LogP contribution < -0.4 is 9.64 Å². The average Bonchev–Trinajstić information content (AvgIpc) is 2.90. The van der Waals surface area contributed by atoms with Crippen LogP contribution in [0.15, 0.2) is 18.2 Å². The van der Waals surface area contributed by atoms with Crippen LogP contribution >= 0.6 is 11.3 Å². The van der Waals surface area contributed by atoms with Crippen molar-refractivity contribution in [3.05, 3.63) is 18.2 Å². The summed E-state index contributed by atoms with van der Waals surface area (Å²) in [5.41, 5.74) is 0.932. The van der Waals surface area contributed by atoms with E-state index in [2.05, 4.69) is 9.88 Å². The molecule has 0 N–H and O–H groups in total. The smallest absolute Gasteiger partial charge is 0.241 e. The van der Waals surface area contributed by atoms with Crippen LogP contribution in [0, 0.1) is 5.92 Å². The van der Waals surface area contributed by atoms with E-state index in [0.29, 0.717) is 25.9 Å². The van der Waals surface area contributed by atoms with Crippen LogP contribution in [0.4, 0.5) is 13.9 Å². The molecule has 1 aromatic carbocycles. The summed E-state index contributed by atoms with van der Waals surface area (Å²) in [4.78, 5) is 6.69. The minimum Gasteiger partial charge on any atom is -0.497 e. The topological polar surface area (TPSA) is 25.4 Å². The van der Waals surface area contributed by atoms with Gasteiger partial charge in [-0.3, -0.25) is 0 Å². The Labute approximate surface area is 120 Å². The third kappa shape index (κ3) is 2.57. The summed E-state index contributed by atoms with van der Waals surface area (Å²) in [6.07, 6.45) is -1.12. The van der Waals surface area contributed by atoms with Crippen LogP contribution in [0.3, 0.4) is 0 Å². The zero-order valence-electron chi connectivity index (χ0n) is 11.2. The molecular weight excluding hydrogens is 282 g/mol. The van der Waals surface area contributed by atoms with Crippen LogP contribution in [-0.4, -0.2) is 31.6 Å². The highest BCUT2D eigenvalue weighted by Gasteiger charge is 2.27. The minimum atomic E-state index is -2.20. The zero-order valence-corrected chi connectivity index (χ0v) is 12.0. The van der Waals surface area contributed by atoms with Gasteiger partial charge >= 0.3 is 0 Å². The van der Waals surface area contributed by atoms with Crippen molar-refractivity contribution in [3.8, 4) is 5.75 Å². The number of thiazole rings is 1. The van der Waals surface area contributed by atoms with Gasteiger partial charge in [-0.1, -0.05) is 11.3 Å². The van der Waals surface area contributed by atoms with Crippen molar-refractivity contribution in [2.24, 2.45) is 5.92 Å². The first-order chi connectivity index (χ1) is 9.67. The molecule has 6 heteroatoms. The van der Waals surface area contributed by atoms with Crippen LogP contribution in [0.5, 0.6) is 5.75 Å². The van der Waals surface area contributed by atoms with Crippen LogP contribution in [-0.2, 0) is 0 Å². The molecule has 108 valence electrons. The first-order valence-electron chi connectivity index (χ1n) is 6.65. The molecule has 20 heavy (non-hydrogen) atoms. The van der Waals surface area contributed by atoms with Crippen molar-refractivity contribution in [3.63, 3.8) is 0 Å². The fourth-order valence-electron chi connectivity index (χ4n) is 2.50. The Kier molecular flexibility index (Phi) is 3.74. The second-order valence-electron chi connectivity index (χ2n) is 4.99. The number of alkyl halides is 2. The number of hydrogen-bond acceptors (Lipinski definition) is 4. The van der Waals surface area contributed by atoms with Gasteiger partial charge in [-0.15, -0.1) is 0 Å². The average molecular weight is 298 g/mol. The molecule has 2 heterocycles. The van der Waals surface area contributed by atoms with Crippen molar-refractivity contribution < 1.29 is 13.5 Å². The maximum absolute atomic E-state index is 12.7. The number of piperidine rings is 1. The van der Waals surface area contributed by atoms with Gasteiger partial charge in [0.2, 0.25) is 6.43 Å². The molecule has 0 atom stereocenters. The van der Waals surface area contributed by atoms with E-state index in [1.165, 1.54) is 0 Å². The van der Waals surface area contributed by atoms with Gasteiger partial charge < -0.3 is 9.64 Å². The Morgan fingerprint density at radius 1 is 1.35 bits per heavy atom. The van der Waals surface area contributed by atoms with Crippen LogP contribution in [0.2, 0.25) is 0 Å². The van der Waals surface area contributed by atoms with Gasteiger partial charge in [-0.25, -0.2) is 13.8 Å². The van der Waals surface area contributed by atoms with Gasteiger partial charge in [0.1, 0.15) is 5.75 Å². The molecule has 0 saturated carbocycles. The lowest BCUT2D eigenvalue weighted by Crippen LogP contribution is -2.35. The third-order valence-electron chi connectivity index (χ3n) is 3.75. The Balaban J connectivity index is 1.78. The van der Waals surface area contributed by atoms with E-state index in [-0.39, 0.29) is 0 Å². The van der Waals surface area contributed by atoms with Crippen LogP contribution in [0.1, 0.15) is 12.8 Å². The van der Waals surface area contributed by atoms with Crippen molar-refractivity contribution >= 4 is 26.7 Å². The Bertz CT molecular complexity index is 594. The first-order valence-corrected chi connectivity index (χ1v) is 7.46. The van der Waals surface area contributed by atoms with Crippen molar-refractivity contribution in [2.45, 2.75) is 19.3 Å². The monoisotopic (exact) mass is 298 g/mol. The van der Waals surface area contributed by atoms with E-state index in [4.69, 9.17) is 4.74 Å². The zero-order chi connectivity index (χ0) is 14.1. The summed E-state index contributed by atoms with van der Waals surface area (Å²) in [6, 6.07) is 5.78. The minimum absolute atomic E-state index is 0.458. The summed E-state index contributed by atoms with van der Waals surface area (Å²) in [5.74, 6) is 0.352. The molecule has 0 aliphatic carbocycles. The molecule has 1 fully saturated rings. The summed E-state index contributed by atoms with van der Waals surface area (Å²) in [7, 11) is 1.64. The largest absolute Gasteiger partial charge is 0.497 e. The number of hydrogen-bond donors (Lipinski definition) is 0. The SMILES string of the molecule is COc1ccc2nc(N3CCC(C(F)F)CC3)sc2c1. The van der Waals surface area contributed by atoms with E-state index in [0.717, 1.165) is 21.1 Å². The lowest BCUT2D eigenvalue weighted by atomic mass is 9.98. The van der Waals surface area contributed by atoms with E-state index < -0.39 is 12.3 Å². The van der Waals surface area contributed by atoms with E-state index in [1.807, 2.05) is 18.2 Å². The number of ether oxygens (including phenoxy) is 1. The number of nitrogens with zero attached hydrogens (tertiary/aromatic N) is 2. The van der Waals surface area contributed by atoms with Crippen LogP contribution in [0.25, 0.3) is 10.2 Å². The van der Waals surface area contributed by atoms with Crippen molar-refractivity contribution in [1.82, 2.24) is 4.98 Å². The highest BCUT2D eigenvalue weighted by molar-refractivity contribution is 7.22. The first kappa shape index (κ1) is 13.5. The molecule has 1 aliphatic heterocycles. The molecule has 1 aromatic heterocycles. The second-order valence-corrected chi connectivity index (χ2v) is 6.00. The molecule has 0 unspecified atom stereocenters. The molecule has 3 nitrogen and oxygen atoms in total.